The molecule has 1 N–H and O–H groups in total. The number of hydrogen-bond donors (Lipinski definition) is 1. The maximum absolute atomic E-state index is 12.8. The number of rotatable bonds is 9. The molecule has 0 aliphatic carbocycles. The van der Waals surface area contributed by atoms with Crippen LogP contribution in [0, 0.1) is 12.3 Å². The predicted octanol–water partition coefficient (Wildman–Crippen LogP) is 4.22. The molecule has 30 heavy (non-hydrogen) atoms. The van der Waals surface area contributed by atoms with Crippen LogP contribution >= 0.6 is 11.6 Å². The molecule has 0 aliphatic heterocycles. The van der Waals surface area contributed by atoms with Gasteiger partial charge in [0.1, 0.15) is 0 Å². The van der Waals surface area contributed by atoms with Crippen molar-refractivity contribution in [2.75, 3.05) is 32.1 Å². The summed E-state index contributed by atoms with van der Waals surface area (Å²) in [6.45, 7) is 4.54. The lowest BCUT2D eigenvalue weighted by Gasteiger charge is -2.19. The average molecular weight is 429 g/mol. The standard InChI is InChI=1S/C23H25ClN2O4/c1-5-11-30-22-19(24)13-17(14-20(22)29-7-3)23(28)26(4)15-21(27)25-18-10-8-9-16(6-2)12-18/h2,8-10,12-14H,5,7,11,15H2,1,3-4H3,(H,25,27). The van der Waals surface area contributed by atoms with E-state index in [9.17, 15) is 9.59 Å². The predicted molar refractivity (Wildman–Crippen MR) is 118 cm³/mol. The number of anilines is 1. The fourth-order valence-corrected chi connectivity index (χ4v) is 2.96. The zero-order chi connectivity index (χ0) is 22.1. The first-order valence-corrected chi connectivity index (χ1v) is 9.98. The Morgan fingerprint density at radius 1 is 1.20 bits per heavy atom. The number of ether oxygens (including phenoxy) is 2. The van der Waals surface area contributed by atoms with Crippen LogP contribution in [0.4, 0.5) is 5.69 Å². The Bertz CT molecular complexity index is 953. The fraction of sp³-hybridized carbons (Fsp3) is 0.304. The highest BCUT2D eigenvalue weighted by Gasteiger charge is 2.20. The number of nitrogens with zero attached hydrogens (tertiary/aromatic N) is 1. The van der Waals surface area contributed by atoms with Crippen molar-refractivity contribution in [1.29, 1.82) is 0 Å². The molecular formula is C23H25ClN2O4. The van der Waals surface area contributed by atoms with Gasteiger partial charge in [0.25, 0.3) is 5.91 Å². The van der Waals surface area contributed by atoms with Gasteiger partial charge in [0, 0.05) is 23.9 Å². The van der Waals surface area contributed by atoms with Gasteiger partial charge < -0.3 is 19.7 Å². The molecule has 0 saturated heterocycles. The molecule has 2 aromatic rings. The minimum absolute atomic E-state index is 0.144. The summed E-state index contributed by atoms with van der Waals surface area (Å²) in [5, 5.41) is 3.01. The highest BCUT2D eigenvalue weighted by Crippen LogP contribution is 2.37. The number of hydrogen-bond acceptors (Lipinski definition) is 4. The number of terminal acetylenes is 1. The van der Waals surface area contributed by atoms with Crippen LogP contribution in [0.2, 0.25) is 5.02 Å². The topological polar surface area (TPSA) is 67.9 Å². The molecule has 0 saturated carbocycles. The normalized spacial score (nSPS) is 10.1. The van der Waals surface area contributed by atoms with Crippen LogP contribution in [0.15, 0.2) is 36.4 Å². The second-order valence-electron chi connectivity index (χ2n) is 6.50. The molecule has 0 aliphatic rings. The summed E-state index contributed by atoms with van der Waals surface area (Å²) in [7, 11) is 1.54. The van der Waals surface area contributed by atoms with Gasteiger partial charge in [0.05, 0.1) is 24.8 Å². The minimum Gasteiger partial charge on any atom is -0.490 e. The largest absolute Gasteiger partial charge is 0.490 e. The van der Waals surface area contributed by atoms with Crippen LogP contribution in [-0.4, -0.2) is 43.5 Å². The lowest BCUT2D eigenvalue weighted by Crippen LogP contribution is -2.35. The minimum atomic E-state index is -0.368. The molecule has 7 heteroatoms. The number of likely N-dealkylation sites (N-methyl/N-ethyl adjacent to an activating group) is 1. The first-order chi connectivity index (χ1) is 14.4. The van der Waals surface area contributed by atoms with Crippen LogP contribution in [0.25, 0.3) is 0 Å². The van der Waals surface area contributed by atoms with E-state index in [-0.39, 0.29) is 23.4 Å². The van der Waals surface area contributed by atoms with E-state index in [1.165, 1.54) is 18.0 Å². The Morgan fingerprint density at radius 3 is 2.63 bits per heavy atom. The van der Waals surface area contributed by atoms with Crippen molar-refractivity contribution in [3.05, 3.63) is 52.5 Å². The average Bonchev–Trinajstić information content (AvgIpc) is 2.72. The summed E-state index contributed by atoms with van der Waals surface area (Å²) < 4.78 is 11.2. The molecule has 2 amide bonds. The monoisotopic (exact) mass is 428 g/mol. The summed E-state index contributed by atoms with van der Waals surface area (Å²) in [5.74, 6) is 2.59. The second-order valence-corrected chi connectivity index (χ2v) is 6.91. The van der Waals surface area contributed by atoms with Gasteiger partial charge in [0.2, 0.25) is 5.91 Å². The second kappa shape index (κ2) is 11.1. The molecule has 0 radical (unpaired) electrons. The van der Waals surface area contributed by atoms with Gasteiger partial charge in [-0.15, -0.1) is 6.42 Å². The van der Waals surface area contributed by atoms with Crippen molar-refractivity contribution in [3.8, 4) is 23.8 Å². The van der Waals surface area contributed by atoms with Crippen LogP contribution in [0.5, 0.6) is 11.5 Å². The third-order valence-corrected chi connectivity index (χ3v) is 4.33. The molecule has 0 fully saturated rings. The number of amides is 2. The van der Waals surface area contributed by atoms with Gasteiger partial charge in [-0.1, -0.05) is 30.5 Å². The molecule has 0 unspecified atom stereocenters. The highest BCUT2D eigenvalue weighted by atomic mass is 35.5. The van der Waals surface area contributed by atoms with E-state index in [2.05, 4.69) is 11.2 Å². The van der Waals surface area contributed by atoms with Gasteiger partial charge in [-0.25, -0.2) is 0 Å². The lowest BCUT2D eigenvalue weighted by molar-refractivity contribution is -0.116. The molecule has 0 atom stereocenters. The Labute approximate surface area is 182 Å². The van der Waals surface area contributed by atoms with Crippen molar-refractivity contribution in [1.82, 2.24) is 4.90 Å². The smallest absolute Gasteiger partial charge is 0.254 e. The van der Waals surface area contributed by atoms with Crippen LogP contribution in [-0.2, 0) is 4.79 Å². The van der Waals surface area contributed by atoms with E-state index >= 15 is 0 Å². The van der Waals surface area contributed by atoms with Crippen molar-refractivity contribution in [2.24, 2.45) is 0 Å². The zero-order valence-electron chi connectivity index (χ0n) is 17.3. The van der Waals surface area contributed by atoms with E-state index in [1.807, 2.05) is 13.8 Å². The van der Waals surface area contributed by atoms with E-state index < -0.39 is 0 Å². The Hall–Kier alpha value is -3.17. The van der Waals surface area contributed by atoms with Gasteiger partial charge in [-0.3, -0.25) is 9.59 Å². The fourth-order valence-electron chi connectivity index (χ4n) is 2.69. The maximum Gasteiger partial charge on any atom is 0.254 e. The first kappa shape index (κ1) is 23.1. The molecule has 2 rings (SSSR count). The third-order valence-electron chi connectivity index (χ3n) is 4.05. The number of carbonyl (C=O) groups is 2. The molecule has 0 aromatic heterocycles. The zero-order valence-corrected chi connectivity index (χ0v) is 18.1. The van der Waals surface area contributed by atoms with Crippen LogP contribution in [0.3, 0.4) is 0 Å². The Balaban J connectivity index is 2.12. The van der Waals surface area contributed by atoms with E-state index in [1.54, 1.807) is 30.3 Å². The molecule has 0 heterocycles. The Kier molecular flexibility index (Phi) is 8.57. The molecular weight excluding hydrogens is 404 g/mol. The van der Waals surface area contributed by atoms with Crippen molar-refractivity contribution >= 4 is 29.1 Å². The van der Waals surface area contributed by atoms with Crippen molar-refractivity contribution in [2.45, 2.75) is 20.3 Å². The number of carbonyl (C=O) groups excluding carboxylic acids is 2. The maximum atomic E-state index is 12.8. The summed E-state index contributed by atoms with van der Waals surface area (Å²) in [6, 6.07) is 10.0. The molecule has 6 nitrogen and oxygen atoms in total. The molecule has 158 valence electrons. The van der Waals surface area contributed by atoms with E-state index in [0.29, 0.717) is 41.5 Å². The SMILES string of the molecule is C#Cc1cccc(NC(=O)CN(C)C(=O)c2cc(Cl)c(OCCC)c(OCC)c2)c1. The molecule has 0 spiro atoms. The number of benzene rings is 2. The lowest BCUT2D eigenvalue weighted by atomic mass is 10.1. The number of nitrogens with one attached hydrogen (secondary N) is 1. The summed E-state index contributed by atoms with van der Waals surface area (Å²) in [5.41, 5.74) is 1.52. The Morgan fingerprint density at radius 2 is 1.97 bits per heavy atom. The van der Waals surface area contributed by atoms with Crippen molar-refractivity contribution in [3.63, 3.8) is 0 Å². The van der Waals surface area contributed by atoms with E-state index in [0.717, 1.165) is 6.42 Å². The van der Waals surface area contributed by atoms with Gasteiger partial charge in [0.15, 0.2) is 11.5 Å². The first-order valence-electron chi connectivity index (χ1n) is 9.60. The quantitative estimate of drug-likeness (QED) is 0.607. The summed E-state index contributed by atoms with van der Waals surface area (Å²) in [4.78, 5) is 26.5. The van der Waals surface area contributed by atoms with Gasteiger partial charge >= 0.3 is 0 Å². The van der Waals surface area contributed by atoms with Gasteiger partial charge in [-0.05, 0) is 43.7 Å². The molecule has 2 aromatic carbocycles. The number of halogens is 1. The summed E-state index contributed by atoms with van der Waals surface area (Å²) >= 11 is 6.33. The van der Waals surface area contributed by atoms with Crippen molar-refractivity contribution < 1.29 is 19.1 Å². The summed E-state index contributed by atoms with van der Waals surface area (Å²) in [6.07, 6.45) is 6.18. The van der Waals surface area contributed by atoms with E-state index in [4.69, 9.17) is 27.5 Å². The van der Waals surface area contributed by atoms with Crippen LogP contribution in [0.1, 0.15) is 36.2 Å². The third kappa shape index (κ3) is 6.16. The van der Waals surface area contributed by atoms with Crippen LogP contribution < -0.4 is 14.8 Å². The highest BCUT2D eigenvalue weighted by molar-refractivity contribution is 6.32. The van der Waals surface area contributed by atoms with Gasteiger partial charge in [-0.2, -0.15) is 0 Å². The molecule has 0 bridgehead atoms.